The molecule has 0 unspecified atom stereocenters. The highest BCUT2D eigenvalue weighted by molar-refractivity contribution is 6.04. The normalized spacial score (nSPS) is 10.2. The Hall–Kier alpha value is -3.61. The zero-order valence-electron chi connectivity index (χ0n) is 14.8. The summed E-state index contributed by atoms with van der Waals surface area (Å²) < 4.78 is 23.3. The van der Waals surface area contributed by atoms with Crippen LogP contribution in [-0.2, 0) is 0 Å². The van der Waals surface area contributed by atoms with Crippen molar-refractivity contribution in [3.63, 3.8) is 0 Å². The van der Waals surface area contributed by atoms with Crippen molar-refractivity contribution >= 4 is 23.1 Å². The predicted molar refractivity (Wildman–Crippen MR) is 101 cm³/mol. The third-order valence-electron chi connectivity index (χ3n) is 3.75. The number of ether oxygens (including phenoxy) is 2. The van der Waals surface area contributed by atoms with E-state index in [-0.39, 0.29) is 11.7 Å². The average molecular weight is 367 g/mol. The van der Waals surface area contributed by atoms with Gasteiger partial charge in [0, 0.05) is 17.3 Å². The second-order valence-corrected chi connectivity index (χ2v) is 5.62. The first-order valence-electron chi connectivity index (χ1n) is 8.10. The molecule has 0 radical (unpaired) electrons. The summed E-state index contributed by atoms with van der Waals surface area (Å²) in [5.41, 5.74) is 1.65. The maximum absolute atomic E-state index is 12.9. The fourth-order valence-corrected chi connectivity index (χ4v) is 2.36. The molecule has 1 aromatic heterocycles. The standard InChI is InChI=1S/C20H18FN3O3/c1-26-17-9-13(10-18(11-17)27-2)20(25)24-16-7-8-19(22-12-16)23-15-5-3-14(21)4-6-15/h3-12H,1-2H3,(H,22,23)(H,24,25). The first-order chi connectivity index (χ1) is 13.1. The monoisotopic (exact) mass is 367 g/mol. The van der Waals surface area contributed by atoms with E-state index < -0.39 is 0 Å². The van der Waals surface area contributed by atoms with Crippen molar-refractivity contribution in [1.29, 1.82) is 0 Å². The summed E-state index contributed by atoms with van der Waals surface area (Å²) in [5.74, 6) is 1.00. The third-order valence-corrected chi connectivity index (χ3v) is 3.75. The number of rotatable bonds is 6. The van der Waals surface area contributed by atoms with Crippen LogP contribution in [0.15, 0.2) is 60.8 Å². The minimum Gasteiger partial charge on any atom is -0.497 e. The molecular weight excluding hydrogens is 349 g/mol. The van der Waals surface area contributed by atoms with E-state index >= 15 is 0 Å². The first kappa shape index (κ1) is 18.2. The quantitative estimate of drug-likeness (QED) is 0.682. The van der Waals surface area contributed by atoms with Gasteiger partial charge >= 0.3 is 0 Å². The maximum atomic E-state index is 12.9. The molecule has 0 atom stereocenters. The Kier molecular flexibility index (Phi) is 5.51. The van der Waals surface area contributed by atoms with E-state index in [9.17, 15) is 9.18 Å². The van der Waals surface area contributed by atoms with E-state index in [0.29, 0.717) is 34.3 Å². The van der Waals surface area contributed by atoms with Crippen molar-refractivity contribution in [2.24, 2.45) is 0 Å². The number of halogens is 1. The lowest BCUT2D eigenvalue weighted by Crippen LogP contribution is -2.12. The highest BCUT2D eigenvalue weighted by Gasteiger charge is 2.10. The molecule has 3 aromatic rings. The topological polar surface area (TPSA) is 72.5 Å². The van der Waals surface area contributed by atoms with E-state index in [0.717, 1.165) is 0 Å². The van der Waals surface area contributed by atoms with Crippen LogP contribution in [0.25, 0.3) is 0 Å². The summed E-state index contributed by atoms with van der Waals surface area (Å²) in [6.45, 7) is 0. The highest BCUT2D eigenvalue weighted by atomic mass is 19.1. The van der Waals surface area contributed by atoms with Crippen molar-refractivity contribution in [2.45, 2.75) is 0 Å². The number of benzene rings is 2. The molecule has 7 heteroatoms. The molecule has 0 aliphatic heterocycles. The van der Waals surface area contributed by atoms with E-state index in [1.165, 1.54) is 32.5 Å². The van der Waals surface area contributed by atoms with Gasteiger partial charge in [0.25, 0.3) is 5.91 Å². The zero-order valence-corrected chi connectivity index (χ0v) is 14.8. The lowest BCUT2D eigenvalue weighted by molar-refractivity contribution is 0.102. The number of methoxy groups -OCH3 is 2. The molecular formula is C20H18FN3O3. The summed E-state index contributed by atoms with van der Waals surface area (Å²) >= 11 is 0. The van der Waals surface area contributed by atoms with Gasteiger partial charge < -0.3 is 20.1 Å². The molecule has 27 heavy (non-hydrogen) atoms. The van der Waals surface area contributed by atoms with Crippen LogP contribution >= 0.6 is 0 Å². The number of nitrogens with zero attached hydrogens (tertiary/aromatic N) is 1. The molecule has 0 aliphatic carbocycles. The summed E-state index contributed by atoms with van der Waals surface area (Å²) in [5, 5.41) is 5.82. The van der Waals surface area contributed by atoms with Gasteiger partial charge in [-0.05, 0) is 48.5 Å². The van der Waals surface area contributed by atoms with Crippen molar-refractivity contribution in [3.05, 3.63) is 72.2 Å². The second kappa shape index (κ2) is 8.18. The van der Waals surface area contributed by atoms with E-state index in [2.05, 4.69) is 15.6 Å². The van der Waals surface area contributed by atoms with Gasteiger partial charge in [0.15, 0.2) is 0 Å². The maximum Gasteiger partial charge on any atom is 0.255 e. The number of carbonyl (C=O) groups is 1. The average Bonchev–Trinajstić information content (AvgIpc) is 2.70. The number of anilines is 3. The molecule has 0 fully saturated rings. The number of amides is 1. The van der Waals surface area contributed by atoms with Crippen LogP contribution in [0.2, 0.25) is 0 Å². The van der Waals surface area contributed by atoms with Gasteiger partial charge in [-0.25, -0.2) is 9.37 Å². The molecule has 0 aliphatic rings. The minimum atomic E-state index is -0.312. The molecule has 138 valence electrons. The van der Waals surface area contributed by atoms with Crippen LogP contribution < -0.4 is 20.1 Å². The number of nitrogens with one attached hydrogen (secondary N) is 2. The second-order valence-electron chi connectivity index (χ2n) is 5.62. The fraction of sp³-hybridized carbons (Fsp3) is 0.100. The van der Waals surface area contributed by atoms with Crippen LogP contribution in [0.1, 0.15) is 10.4 Å². The van der Waals surface area contributed by atoms with Gasteiger partial charge in [-0.15, -0.1) is 0 Å². The van der Waals surface area contributed by atoms with Gasteiger partial charge in [0.05, 0.1) is 26.1 Å². The lowest BCUT2D eigenvalue weighted by atomic mass is 10.2. The number of aromatic nitrogens is 1. The summed E-state index contributed by atoms with van der Waals surface area (Å²) in [4.78, 5) is 16.7. The van der Waals surface area contributed by atoms with Gasteiger partial charge in [0.2, 0.25) is 0 Å². The Morgan fingerprint density at radius 3 is 2.11 bits per heavy atom. The molecule has 1 heterocycles. The van der Waals surface area contributed by atoms with E-state index in [4.69, 9.17) is 9.47 Å². The van der Waals surface area contributed by atoms with Crippen LogP contribution in [0.4, 0.5) is 21.6 Å². The molecule has 1 amide bonds. The van der Waals surface area contributed by atoms with Crippen LogP contribution in [0.5, 0.6) is 11.5 Å². The smallest absolute Gasteiger partial charge is 0.255 e. The van der Waals surface area contributed by atoms with E-state index in [1.807, 2.05) is 0 Å². The molecule has 0 bridgehead atoms. The SMILES string of the molecule is COc1cc(OC)cc(C(=O)Nc2ccc(Nc3ccc(F)cc3)nc2)c1. The number of hydrogen-bond acceptors (Lipinski definition) is 5. The van der Waals surface area contributed by atoms with Gasteiger partial charge in [-0.1, -0.05) is 0 Å². The summed E-state index contributed by atoms with van der Waals surface area (Å²) in [7, 11) is 3.04. The summed E-state index contributed by atoms with van der Waals surface area (Å²) in [6, 6.07) is 14.3. The predicted octanol–water partition coefficient (Wildman–Crippen LogP) is 4.23. The number of pyridine rings is 1. The number of carbonyl (C=O) groups excluding carboxylic acids is 1. The Bertz CT molecular complexity index is 906. The Morgan fingerprint density at radius 1 is 0.926 bits per heavy atom. The molecule has 2 aromatic carbocycles. The molecule has 2 N–H and O–H groups in total. The Labute approximate surface area is 156 Å². The van der Waals surface area contributed by atoms with E-state index in [1.54, 1.807) is 42.5 Å². The van der Waals surface area contributed by atoms with Crippen molar-refractivity contribution < 1.29 is 18.7 Å². The molecule has 0 spiro atoms. The number of hydrogen-bond donors (Lipinski definition) is 2. The minimum absolute atomic E-state index is 0.305. The third kappa shape index (κ3) is 4.72. The van der Waals surface area contributed by atoms with Gasteiger partial charge in [-0.3, -0.25) is 4.79 Å². The molecule has 6 nitrogen and oxygen atoms in total. The Morgan fingerprint density at radius 2 is 1.56 bits per heavy atom. The summed E-state index contributed by atoms with van der Waals surface area (Å²) in [6.07, 6.45) is 1.53. The lowest BCUT2D eigenvalue weighted by Gasteiger charge is -2.10. The van der Waals surface area contributed by atoms with Crippen molar-refractivity contribution in [3.8, 4) is 11.5 Å². The molecule has 0 saturated heterocycles. The van der Waals surface area contributed by atoms with Crippen molar-refractivity contribution in [1.82, 2.24) is 4.98 Å². The fourth-order valence-electron chi connectivity index (χ4n) is 2.36. The molecule has 3 rings (SSSR count). The van der Waals surface area contributed by atoms with Crippen LogP contribution in [0.3, 0.4) is 0 Å². The van der Waals surface area contributed by atoms with Crippen LogP contribution in [0, 0.1) is 5.82 Å². The first-order valence-corrected chi connectivity index (χ1v) is 8.10. The Balaban J connectivity index is 1.69. The zero-order chi connectivity index (χ0) is 19.2. The van der Waals surface area contributed by atoms with Crippen LogP contribution in [-0.4, -0.2) is 25.1 Å². The van der Waals surface area contributed by atoms with Crippen molar-refractivity contribution in [2.75, 3.05) is 24.9 Å². The highest BCUT2D eigenvalue weighted by Crippen LogP contribution is 2.23. The largest absolute Gasteiger partial charge is 0.497 e. The molecule has 0 saturated carbocycles. The van der Waals surface area contributed by atoms with Gasteiger partial charge in [-0.2, -0.15) is 0 Å². The van der Waals surface area contributed by atoms with Gasteiger partial charge in [0.1, 0.15) is 23.1 Å².